The minimum atomic E-state index is 0.137. The molecule has 1 aromatic carbocycles. The second-order valence-corrected chi connectivity index (χ2v) is 4.37. The Morgan fingerprint density at radius 1 is 1.29 bits per heavy atom. The van der Waals surface area contributed by atoms with Gasteiger partial charge in [-0.1, -0.05) is 18.2 Å². The third-order valence-corrected chi connectivity index (χ3v) is 2.25. The molecule has 1 aromatic rings. The number of hydrogen-bond donors (Lipinski definition) is 0. The van der Waals surface area contributed by atoms with E-state index in [1.54, 1.807) is 0 Å². The average Bonchev–Trinajstić information content (AvgIpc) is 2.18. The van der Waals surface area contributed by atoms with E-state index in [1.165, 1.54) is 5.69 Å². The molecule has 0 aliphatic carbocycles. The molecule has 0 spiro atoms. The molecule has 3 heteroatoms. The summed E-state index contributed by atoms with van der Waals surface area (Å²) in [7, 11) is 0. The lowest BCUT2D eigenvalue weighted by Crippen LogP contribution is -2.30. The van der Waals surface area contributed by atoms with Gasteiger partial charge in [-0.3, -0.25) is 0 Å². The highest BCUT2D eigenvalue weighted by Crippen LogP contribution is 2.14. The molecule has 1 rings (SSSR count). The third kappa shape index (κ3) is 3.77. The van der Waals surface area contributed by atoms with Crippen LogP contribution in [0.25, 0.3) is 0 Å². The fourth-order valence-electron chi connectivity index (χ4n) is 1.37. The average molecular weight is 232 g/mol. The normalized spacial score (nSPS) is 12.5. The van der Waals surface area contributed by atoms with Crippen molar-refractivity contribution in [1.29, 1.82) is 0 Å². The van der Waals surface area contributed by atoms with Crippen LogP contribution in [0.4, 0.5) is 5.69 Å². The zero-order valence-electron chi connectivity index (χ0n) is 8.29. The lowest BCUT2D eigenvalue weighted by Gasteiger charge is -2.24. The number of benzene rings is 1. The van der Waals surface area contributed by atoms with Crippen LogP contribution in [0.2, 0.25) is 0 Å². The first-order valence-corrected chi connectivity index (χ1v) is 5.71. The number of halogens is 2. The van der Waals surface area contributed by atoms with Crippen LogP contribution in [0.3, 0.4) is 0 Å². The Labute approximate surface area is 95.6 Å². The van der Waals surface area contributed by atoms with E-state index >= 15 is 0 Å². The Morgan fingerprint density at radius 3 is 2.43 bits per heavy atom. The van der Waals surface area contributed by atoms with E-state index in [-0.39, 0.29) is 5.38 Å². The molecule has 0 N–H and O–H groups in total. The quantitative estimate of drug-likeness (QED) is 0.703. The summed E-state index contributed by atoms with van der Waals surface area (Å²) in [5.41, 5.74) is 1.18. The first-order valence-electron chi connectivity index (χ1n) is 4.74. The molecular formula is C11H15Cl2N. The van der Waals surface area contributed by atoms with Gasteiger partial charge in [-0.05, 0) is 19.1 Å². The molecule has 0 aromatic heterocycles. The molecule has 0 saturated carbocycles. The summed E-state index contributed by atoms with van der Waals surface area (Å²) in [6.45, 7) is 3.66. The van der Waals surface area contributed by atoms with Crippen LogP contribution in [0.1, 0.15) is 6.92 Å². The van der Waals surface area contributed by atoms with Crippen LogP contribution in [0, 0.1) is 0 Å². The van der Waals surface area contributed by atoms with Gasteiger partial charge in [-0.2, -0.15) is 0 Å². The second-order valence-electron chi connectivity index (χ2n) is 3.25. The third-order valence-electron chi connectivity index (χ3n) is 1.95. The van der Waals surface area contributed by atoms with E-state index < -0.39 is 0 Å². The standard InChI is InChI=1S/C11H15Cl2N/c1-10(13)9-14(8-7-12)11-5-3-2-4-6-11/h2-6,10H,7-9H2,1H3. The van der Waals surface area contributed by atoms with E-state index in [0.717, 1.165) is 13.1 Å². The lowest BCUT2D eigenvalue weighted by atomic mass is 10.2. The number of anilines is 1. The molecular weight excluding hydrogens is 217 g/mol. The van der Waals surface area contributed by atoms with Crippen molar-refractivity contribution in [1.82, 2.24) is 0 Å². The molecule has 0 fully saturated rings. The highest BCUT2D eigenvalue weighted by molar-refractivity contribution is 6.20. The summed E-state index contributed by atoms with van der Waals surface area (Å²) in [5, 5.41) is 0.137. The molecule has 14 heavy (non-hydrogen) atoms. The summed E-state index contributed by atoms with van der Waals surface area (Å²) in [6.07, 6.45) is 0. The number of para-hydroxylation sites is 1. The van der Waals surface area contributed by atoms with Crippen LogP contribution in [-0.2, 0) is 0 Å². The first kappa shape index (κ1) is 11.7. The Kier molecular flexibility index (Phi) is 5.13. The minimum absolute atomic E-state index is 0.137. The van der Waals surface area contributed by atoms with Crippen molar-refractivity contribution in [3.8, 4) is 0 Å². The van der Waals surface area contributed by atoms with Crippen LogP contribution < -0.4 is 4.90 Å². The van der Waals surface area contributed by atoms with Crippen LogP contribution >= 0.6 is 23.2 Å². The molecule has 0 aliphatic heterocycles. The van der Waals surface area contributed by atoms with Gasteiger partial charge in [0, 0.05) is 30.0 Å². The van der Waals surface area contributed by atoms with Crippen molar-refractivity contribution in [3.05, 3.63) is 30.3 Å². The van der Waals surface area contributed by atoms with Gasteiger partial charge in [0.05, 0.1) is 0 Å². The molecule has 0 heterocycles. The van der Waals surface area contributed by atoms with Crippen molar-refractivity contribution in [2.45, 2.75) is 12.3 Å². The fourth-order valence-corrected chi connectivity index (χ4v) is 1.74. The molecule has 78 valence electrons. The van der Waals surface area contributed by atoms with Crippen LogP contribution in [0.15, 0.2) is 30.3 Å². The predicted octanol–water partition coefficient (Wildman–Crippen LogP) is 3.36. The summed E-state index contributed by atoms with van der Waals surface area (Å²) >= 11 is 11.7. The van der Waals surface area contributed by atoms with E-state index in [2.05, 4.69) is 17.0 Å². The monoisotopic (exact) mass is 231 g/mol. The van der Waals surface area contributed by atoms with Gasteiger partial charge >= 0.3 is 0 Å². The zero-order chi connectivity index (χ0) is 10.4. The summed E-state index contributed by atoms with van der Waals surface area (Å²) in [6, 6.07) is 10.2. The van der Waals surface area contributed by atoms with Crippen molar-refractivity contribution < 1.29 is 0 Å². The van der Waals surface area contributed by atoms with Gasteiger partial charge in [0.15, 0.2) is 0 Å². The largest absolute Gasteiger partial charge is 0.369 e. The molecule has 0 saturated heterocycles. The maximum Gasteiger partial charge on any atom is 0.0483 e. The van der Waals surface area contributed by atoms with Crippen molar-refractivity contribution >= 4 is 28.9 Å². The van der Waals surface area contributed by atoms with Gasteiger partial charge in [0.25, 0.3) is 0 Å². The molecule has 0 bridgehead atoms. The fraction of sp³-hybridized carbons (Fsp3) is 0.455. The molecule has 1 unspecified atom stereocenters. The molecule has 1 nitrogen and oxygen atoms in total. The second kappa shape index (κ2) is 6.15. The Balaban J connectivity index is 2.67. The molecule has 0 radical (unpaired) electrons. The van der Waals surface area contributed by atoms with E-state index in [4.69, 9.17) is 23.2 Å². The SMILES string of the molecule is CC(Cl)CN(CCCl)c1ccccc1. The highest BCUT2D eigenvalue weighted by Gasteiger charge is 2.07. The number of nitrogens with zero attached hydrogens (tertiary/aromatic N) is 1. The van der Waals surface area contributed by atoms with Crippen molar-refractivity contribution in [2.24, 2.45) is 0 Å². The van der Waals surface area contributed by atoms with Gasteiger partial charge in [0.1, 0.15) is 0 Å². The number of rotatable bonds is 5. The smallest absolute Gasteiger partial charge is 0.0483 e. The molecule has 1 atom stereocenters. The van der Waals surface area contributed by atoms with E-state index in [0.29, 0.717) is 5.88 Å². The zero-order valence-corrected chi connectivity index (χ0v) is 9.80. The Bertz CT molecular complexity index is 249. The van der Waals surface area contributed by atoms with E-state index in [1.807, 2.05) is 25.1 Å². The highest BCUT2D eigenvalue weighted by atomic mass is 35.5. The molecule has 0 aliphatic rings. The maximum absolute atomic E-state index is 5.97. The number of alkyl halides is 2. The van der Waals surface area contributed by atoms with Gasteiger partial charge < -0.3 is 4.90 Å². The lowest BCUT2D eigenvalue weighted by molar-refractivity contribution is 0.800. The maximum atomic E-state index is 5.97. The number of hydrogen-bond acceptors (Lipinski definition) is 1. The topological polar surface area (TPSA) is 3.24 Å². The summed E-state index contributed by atoms with van der Waals surface area (Å²) < 4.78 is 0. The summed E-state index contributed by atoms with van der Waals surface area (Å²) in [5.74, 6) is 0.624. The first-order chi connectivity index (χ1) is 6.74. The molecule has 0 amide bonds. The van der Waals surface area contributed by atoms with Gasteiger partial charge in [-0.15, -0.1) is 23.2 Å². The summed E-state index contributed by atoms with van der Waals surface area (Å²) in [4.78, 5) is 2.20. The van der Waals surface area contributed by atoms with E-state index in [9.17, 15) is 0 Å². The Hall–Kier alpha value is -0.400. The van der Waals surface area contributed by atoms with Crippen LogP contribution in [-0.4, -0.2) is 24.3 Å². The van der Waals surface area contributed by atoms with Crippen molar-refractivity contribution in [3.63, 3.8) is 0 Å². The minimum Gasteiger partial charge on any atom is -0.369 e. The van der Waals surface area contributed by atoms with Gasteiger partial charge in [-0.25, -0.2) is 0 Å². The Morgan fingerprint density at radius 2 is 1.93 bits per heavy atom. The van der Waals surface area contributed by atoms with Crippen molar-refractivity contribution in [2.75, 3.05) is 23.9 Å². The van der Waals surface area contributed by atoms with Crippen LogP contribution in [0.5, 0.6) is 0 Å². The predicted molar refractivity (Wildman–Crippen MR) is 64.7 cm³/mol. The van der Waals surface area contributed by atoms with Gasteiger partial charge in [0.2, 0.25) is 0 Å².